The van der Waals surface area contributed by atoms with Gasteiger partial charge in [0.25, 0.3) is 5.22 Å². The number of aromatic nitrogens is 2. The van der Waals surface area contributed by atoms with Gasteiger partial charge in [0.2, 0.25) is 5.89 Å². The minimum Gasteiger partial charge on any atom is -0.411 e. The molecule has 0 atom stereocenters. The molecule has 18 heavy (non-hydrogen) atoms. The summed E-state index contributed by atoms with van der Waals surface area (Å²) in [5.74, 6) is 1.32. The van der Waals surface area contributed by atoms with E-state index in [2.05, 4.69) is 32.2 Å². The zero-order chi connectivity index (χ0) is 12.8. The summed E-state index contributed by atoms with van der Waals surface area (Å²) in [4.78, 5) is 0. The van der Waals surface area contributed by atoms with Gasteiger partial charge in [-0.25, -0.2) is 0 Å². The van der Waals surface area contributed by atoms with Gasteiger partial charge in [-0.3, -0.25) is 0 Å². The van der Waals surface area contributed by atoms with Crippen LogP contribution >= 0.6 is 27.7 Å². The van der Waals surface area contributed by atoms with Crippen molar-refractivity contribution in [2.24, 2.45) is 0 Å². The van der Waals surface area contributed by atoms with E-state index >= 15 is 0 Å². The first kappa shape index (κ1) is 13.1. The van der Waals surface area contributed by atoms with Gasteiger partial charge in [0.15, 0.2) is 0 Å². The zero-order valence-electron chi connectivity index (χ0n) is 9.47. The SMILES string of the molecule is N#CCCCSc1nnc(-c2ccccc2Br)o1. The number of nitrogens with zero attached hydrogens (tertiary/aromatic N) is 3. The fourth-order valence-electron chi connectivity index (χ4n) is 1.32. The molecule has 4 nitrogen and oxygen atoms in total. The number of hydrogen-bond acceptors (Lipinski definition) is 5. The van der Waals surface area contributed by atoms with Crippen LogP contribution in [-0.4, -0.2) is 16.0 Å². The van der Waals surface area contributed by atoms with Crippen LogP contribution in [0.25, 0.3) is 11.5 Å². The number of nitriles is 1. The second kappa shape index (κ2) is 6.57. The number of benzene rings is 1. The van der Waals surface area contributed by atoms with Crippen LogP contribution in [0, 0.1) is 11.3 Å². The Labute approximate surface area is 118 Å². The Bertz CT molecular complexity index is 564. The Morgan fingerprint density at radius 1 is 1.33 bits per heavy atom. The predicted octanol–water partition coefficient (Wildman–Crippen LogP) is 3.89. The van der Waals surface area contributed by atoms with Gasteiger partial charge in [-0.15, -0.1) is 10.2 Å². The lowest BCUT2D eigenvalue weighted by molar-refractivity contribution is 0.465. The standard InChI is InChI=1S/C12H10BrN3OS/c13-10-6-2-1-5-9(10)11-15-16-12(17-11)18-8-4-3-7-14/h1-2,5-6H,3-4,8H2. The quantitative estimate of drug-likeness (QED) is 0.617. The maximum atomic E-state index is 8.43. The number of hydrogen-bond donors (Lipinski definition) is 0. The van der Waals surface area contributed by atoms with E-state index in [9.17, 15) is 0 Å². The molecule has 0 radical (unpaired) electrons. The van der Waals surface area contributed by atoms with Crippen molar-refractivity contribution < 1.29 is 4.42 Å². The molecule has 0 aliphatic carbocycles. The van der Waals surface area contributed by atoms with Crippen LogP contribution in [0.1, 0.15) is 12.8 Å². The molecular formula is C12H10BrN3OS. The van der Waals surface area contributed by atoms with E-state index in [4.69, 9.17) is 9.68 Å². The third-order valence-electron chi connectivity index (χ3n) is 2.17. The molecule has 0 spiro atoms. The van der Waals surface area contributed by atoms with Gasteiger partial charge >= 0.3 is 0 Å². The molecule has 2 rings (SSSR count). The minimum atomic E-state index is 0.505. The van der Waals surface area contributed by atoms with Crippen molar-refractivity contribution in [3.63, 3.8) is 0 Å². The Morgan fingerprint density at radius 3 is 2.94 bits per heavy atom. The summed E-state index contributed by atoms with van der Waals surface area (Å²) in [6.45, 7) is 0. The van der Waals surface area contributed by atoms with E-state index in [0.29, 0.717) is 17.5 Å². The Hall–Kier alpha value is -1.32. The van der Waals surface area contributed by atoms with Crippen molar-refractivity contribution in [3.8, 4) is 17.5 Å². The van der Waals surface area contributed by atoms with Crippen molar-refractivity contribution in [1.29, 1.82) is 5.26 Å². The molecular weight excluding hydrogens is 314 g/mol. The van der Waals surface area contributed by atoms with E-state index in [0.717, 1.165) is 22.2 Å². The van der Waals surface area contributed by atoms with E-state index in [1.807, 2.05) is 24.3 Å². The molecule has 0 bridgehead atoms. The molecule has 0 amide bonds. The first-order valence-electron chi connectivity index (χ1n) is 5.39. The number of halogens is 1. The minimum absolute atomic E-state index is 0.505. The van der Waals surface area contributed by atoms with Crippen LogP contribution in [0.15, 0.2) is 38.4 Å². The summed E-state index contributed by atoms with van der Waals surface area (Å²) >= 11 is 4.92. The lowest BCUT2D eigenvalue weighted by atomic mass is 10.2. The summed E-state index contributed by atoms with van der Waals surface area (Å²) in [7, 11) is 0. The molecule has 0 unspecified atom stereocenters. The average molecular weight is 324 g/mol. The maximum absolute atomic E-state index is 8.43. The summed E-state index contributed by atoms with van der Waals surface area (Å²) < 4.78 is 6.48. The summed E-state index contributed by atoms with van der Waals surface area (Å²) in [6, 6.07) is 9.81. The molecule has 2 aromatic rings. The Morgan fingerprint density at radius 2 is 2.17 bits per heavy atom. The highest BCUT2D eigenvalue weighted by molar-refractivity contribution is 9.10. The molecule has 0 aliphatic rings. The van der Waals surface area contributed by atoms with Crippen LogP contribution in [0.2, 0.25) is 0 Å². The molecule has 0 N–H and O–H groups in total. The highest BCUT2D eigenvalue weighted by atomic mass is 79.9. The first-order chi connectivity index (χ1) is 8.81. The first-order valence-corrected chi connectivity index (χ1v) is 7.17. The Kier molecular flexibility index (Phi) is 4.79. The smallest absolute Gasteiger partial charge is 0.276 e. The third-order valence-corrected chi connectivity index (χ3v) is 3.77. The number of rotatable bonds is 5. The van der Waals surface area contributed by atoms with Crippen LogP contribution in [0.4, 0.5) is 0 Å². The second-order valence-electron chi connectivity index (χ2n) is 3.46. The third kappa shape index (κ3) is 3.34. The van der Waals surface area contributed by atoms with Gasteiger partial charge < -0.3 is 4.42 Å². The highest BCUT2D eigenvalue weighted by Crippen LogP contribution is 2.29. The average Bonchev–Trinajstić information content (AvgIpc) is 2.84. The molecule has 0 fully saturated rings. The maximum Gasteiger partial charge on any atom is 0.276 e. The highest BCUT2D eigenvalue weighted by Gasteiger charge is 2.11. The molecule has 0 saturated heterocycles. The second-order valence-corrected chi connectivity index (χ2v) is 5.36. The fourth-order valence-corrected chi connectivity index (χ4v) is 2.48. The van der Waals surface area contributed by atoms with E-state index in [1.54, 1.807) is 0 Å². The molecule has 1 heterocycles. The summed E-state index contributed by atoms with van der Waals surface area (Å²) in [6.07, 6.45) is 1.38. The summed E-state index contributed by atoms with van der Waals surface area (Å²) in [5.41, 5.74) is 0.883. The zero-order valence-corrected chi connectivity index (χ0v) is 11.9. The Balaban J connectivity index is 2.03. The van der Waals surface area contributed by atoms with Crippen LogP contribution in [0.5, 0.6) is 0 Å². The van der Waals surface area contributed by atoms with Crippen molar-refractivity contribution in [2.45, 2.75) is 18.1 Å². The monoisotopic (exact) mass is 323 g/mol. The molecule has 1 aromatic carbocycles. The number of unbranched alkanes of at least 4 members (excludes halogenated alkanes) is 1. The van der Waals surface area contributed by atoms with E-state index in [1.165, 1.54) is 11.8 Å². The topological polar surface area (TPSA) is 62.7 Å². The van der Waals surface area contributed by atoms with Crippen LogP contribution in [0.3, 0.4) is 0 Å². The molecule has 0 aliphatic heterocycles. The van der Waals surface area contributed by atoms with Gasteiger partial charge in [0.05, 0.1) is 11.6 Å². The predicted molar refractivity (Wildman–Crippen MR) is 73.0 cm³/mol. The lowest BCUT2D eigenvalue weighted by Crippen LogP contribution is -1.79. The van der Waals surface area contributed by atoms with Gasteiger partial charge in [0, 0.05) is 16.6 Å². The summed E-state index contributed by atoms with van der Waals surface area (Å²) in [5, 5.41) is 17.0. The van der Waals surface area contributed by atoms with Crippen LogP contribution in [-0.2, 0) is 0 Å². The van der Waals surface area contributed by atoms with Crippen molar-refractivity contribution in [3.05, 3.63) is 28.7 Å². The fraction of sp³-hybridized carbons (Fsp3) is 0.250. The number of thioether (sulfide) groups is 1. The van der Waals surface area contributed by atoms with Crippen molar-refractivity contribution in [2.75, 3.05) is 5.75 Å². The van der Waals surface area contributed by atoms with E-state index in [-0.39, 0.29) is 0 Å². The molecule has 6 heteroatoms. The van der Waals surface area contributed by atoms with Crippen LogP contribution < -0.4 is 0 Å². The molecule has 92 valence electrons. The van der Waals surface area contributed by atoms with E-state index < -0.39 is 0 Å². The molecule has 1 aromatic heterocycles. The van der Waals surface area contributed by atoms with Crippen molar-refractivity contribution >= 4 is 27.7 Å². The van der Waals surface area contributed by atoms with Crippen molar-refractivity contribution in [1.82, 2.24) is 10.2 Å². The van der Waals surface area contributed by atoms with Gasteiger partial charge in [-0.2, -0.15) is 5.26 Å². The molecule has 0 saturated carbocycles. The normalized spacial score (nSPS) is 10.2. The van der Waals surface area contributed by atoms with Gasteiger partial charge in [-0.05, 0) is 34.5 Å². The largest absolute Gasteiger partial charge is 0.411 e. The van der Waals surface area contributed by atoms with Gasteiger partial charge in [-0.1, -0.05) is 23.9 Å². The van der Waals surface area contributed by atoms with Gasteiger partial charge in [0.1, 0.15) is 0 Å². The lowest BCUT2D eigenvalue weighted by Gasteiger charge is -1.97.